The summed E-state index contributed by atoms with van der Waals surface area (Å²) in [4.78, 5) is 28.6. The molecule has 0 aliphatic carbocycles. The molecule has 0 saturated heterocycles. The van der Waals surface area contributed by atoms with Crippen molar-refractivity contribution in [1.82, 2.24) is 4.98 Å². The zero-order valence-corrected chi connectivity index (χ0v) is 19.4. The van der Waals surface area contributed by atoms with Gasteiger partial charge >= 0.3 is 0 Å². The fourth-order valence-electron chi connectivity index (χ4n) is 2.54. The van der Waals surface area contributed by atoms with Gasteiger partial charge in [-0.25, -0.2) is 4.98 Å². The Hall–Kier alpha value is -2.49. The lowest BCUT2D eigenvalue weighted by Gasteiger charge is -2.06. The van der Waals surface area contributed by atoms with Crippen LogP contribution in [0.1, 0.15) is 11.3 Å². The van der Waals surface area contributed by atoms with Crippen molar-refractivity contribution in [1.29, 1.82) is 0 Å². The summed E-state index contributed by atoms with van der Waals surface area (Å²) in [6.45, 7) is 0. The van der Waals surface area contributed by atoms with Crippen molar-refractivity contribution in [2.24, 2.45) is 0 Å². The monoisotopic (exact) mass is 473 g/mol. The molecule has 1 heterocycles. The Morgan fingerprint density at radius 3 is 2.32 bits per heavy atom. The third kappa shape index (κ3) is 8.28. The minimum Gasteiger partial charge on any atom is -0.497 e. The van der Waals surface area contributed by atoms with Crippen molar-refractivity contribution in [3.63, 3.8) is 0 Å². The van der Waals surface area contributed by atoms with E-state index in [1.165, 1.54) is 28.7 Å². The predicted molar refractivity (Wildman–Crippen MR) is 131 cm³/mol. The smallest absolute Gasteiger partial charge is 0.236 e. The number of anilines is 2. The van der Waals surface area contributed by atoms with Gasteiger partial charge in [0.05, 0.1) is 24.3 Å². The first-order valence-corrected chi connectivity index (χ1v) is 12.7. The normalized spacial score (nSPS) is 10.5. The molecule has 2 amide bonds. The van der Waals surface area contributed by atoms with Crippen LogP contribution < -0.4 is 15.4 Å². The molecule has 0 fully saturated rings. The molecule has 0 aliphatic heterocycles. The number of carbonyl (C=O) groups excluding carboxylic acids is 2. The lowest BCUT2D eigenvalue weighted by atomic mass is 10.2. The van der Waals surface area contributed by atoms with Crippen molar-refractivity contribution in [2.75, 3.05) is 29.2 Å². The van der Waals surface area contributed by atoms with Gasteiger partial charge in [0.25, 0.3) is 0 Å². The van der Waals surface area contributed by atoms with E-state index >= 15 is 0 Å². The van der Waals surface area contributed by atoms with Crippen LogP contribution in [-0.4, -0.2) is 35.4 Å². The lowest BCUT2D eigenvalue weighted by molar-refractivity contribution is -0.114. The Morgan fingerprint density at radius 1 is 0.935 bits per heavy atom. The molecule has 0 saturated carbocycles. The highest BCUT2D eigenvalue weighted by molar-refractivity contribution is 7.99. The highest BCUT2D eigenvalue weighted by atomic mass is 32.2. The maximum atomic E-state index is 12.1. The molecule has 0 radical (unpaired) electrons. The molecule has 0 bridgehead atoms. The number of benzene rings is 2. The van der Waals surface area contributed by atoms with E-state index in [9.17, 15) is 9.59 Å². The number of nitrogens with one attached hydrogen (secondary N) is 2. The van der Waals surface area contributed by atoms with Crippen LogP contribution in [0, 0.1) is 0 Å². The maximum absolute atomic E-state index is 12.1. The first-order chi connectivity index (χ1) is 15.1. The van der Waals surface area contributed by atoms with Crippen LogP contribution in [0.15, 0.2) is 60.0 Å². The van der Waals surface area contributed by atoms with Crippen LogP contribution >= 0.6 is 34.9 Å². The van der Waals surface area contributed by atoms with Crippen molar-refractivity contribution < 1.29 is 14.3 Å². The van der Waals surface area contributed by atoms with Gasteiger partial charge in [-0.2, -0.15) is 0 Å². The van der Waals surface area contributed by atoms with E-state index in [1.54, 1.807) is 43.1 Å². The van der Waals surface area contributed by atoms with Crippen LogP contribution in [-0.2, 0) is 21.1 Å². The summed E-state index contributed by atoms with van der Waals surface area (Å²) >= 11 is 4.44. The molecule has 2 N–H and O–H groups in total. The standard InChI is InChI=1S/C22H23N3O3S3/c1-28-19-9-7-17(8-10-19)23-20(26)14-30-12-18-13-31-22(24-18)25-21(27)15-29-11-16-5-3-2-4-6-16/h2-10,13H,11-12,14-15H2,1H3,(H,23,26)(H,24,25,27). The van der Waals surface area contributed by atoms with Crippen LogP contribution in [0.4, 0.5) is 10.8 Å². The van der Waals surface area contributed by atoms with Crippen LogP contribution in [0.2, 0.25) is 0 Å². The van der Waals surface area contributed by atoms with Crippen LogP contribution in [0.25, 0.3) is 0 Å². The summed E-state index contributed by atoms with van der Waals surface area (Å²) in [6, 6.07) is 17.3. The summed E-state index contributed by atoms with van der Waals surface area (Å²) in [5.74, 6) is 2.71. The molecule has 2 aromatic carbocycles. The van der Waals surface area contributed by atoms with E-state index in [0.717, 1.165) is 22.9 Å². The quantitative estimate of drug-likeness (QED) is 0.413. The molecule has 6 nitrogen and oxygen atoms in total. The molecule has 31 heavy (non-hydrogen) atoms. The van der Waals surface area contributed by atoms with Crippen LogP contribution in [0.3, 0.4) is 0 Å². The number of carbonyl (C=O) groups is 2. The van der Waals surface area contributed by atoms with Crippen molar-refractivity contribution in [3.05, 3.63) is 71.2 Å². The third-order valence-corrected chi connectivity index (χ3v) is 6.78. The fraction of sp³-hybridized carbons (Fsp3) is 0.227. The molecule has 0 atom stereocenters. The number of hydrogen-bond acceptors (Lipinski definition) is 7. The summed E-state index contributed by atoms with van der Waals surface area (Å²) in [5.41, 5.74) is 2.78. The molecule has 0 spiro atoms. The molecule has 3 aromatic rings. The minimum absolute atomic E-state index is 0.0617. The number of hydrogen-bond donors (Lipinski definition) is 2. The molecule has 1 aromatic heterocycles. The second kappa shape index (κ2) is 12.4. The minimum atomic E-state index is -0.0747. The largest absolute Gasteiger partial charge is 0.497 e. The van der Waals surface area contributed by atoms with Crippen LogP contribution in [0.5, 0.6) is 5.75 Å². The zero-order valence-electron chi connectivity index (χ0n) is 17.0. The molecule has 162 valence electrons. The van der Waals surface area contributed by atoms with Gasteiger partial charge in [0.2, 0.25) is 11.8 Å². The van der Waals surface area contributed by atoms with E-state index in [0.29, 0.717) is 22.4 Å². The number of rotatable bonds is 11. The molecule has 0 unspecified atom stereocenters. The molecule has 9 heteroatoms. The maximum Gasteiger partial charge on any atom is 0.236 e. The number of nitrogens with zero attached hydrogens (tertiary/aromatic N) is 1. The molecular formula is C22H23N3O3S3. The van der Waals surface area contributed by atoms with Gasteiger partial charge in [0.1, 0.15) is 5.75 Å². The first-order valence-electron chi connectivity index (χ1n) is 9.50. The number of thioether (sulfide) groups is 2. The van der Waals surface area contributed by atoms with Gasteiger partial charge in [-0.1, -0.05) is 30.3 Å². The summed E-state index contributed by atoms with van der Waals surface area (Å²) in [7, 11) is 1.60. The summed E-state index contributed by atoms with van der Waals surface area (Å²) in [5, 5.41) is 8.18. The van der Waals surface area contributed by atoms with Crippen molar-refractivity contribution in [3.8, 4) is 5.75 Å². The SMILES string of the molecule is COc1ccc(NC(=O)CSCc2csc(NC(=O)CSCc3ccccc3)n2)cc1. The van der Waals surface area contributed by atoms with E-state index in [1.807, 2.05) is 35.7 Å². The van der Waals surface area contributed by atoms with E-state index in [-0.39, 0.29) is 11.8 Å². The van der Waals surface area contributed by atoms with E-state index in [4.69, 9.17) is 4.74 Å². The van der Waals surface area contributed by atoms with Gasteiger partial charge in [0, 0.05) is 22.6 Å². The number of aromatic nitrogens is 1. The number of ether oxygens (including phenoxy) is 1. The average Bonchev–Trinajstić information content (AvgIpc) is 3.22. The van der Waals surface area contributed by atoms with E-state index in [2.05, 4.69) is 15.6 Å². The van der Waals surface area contributed by atoms with Gasteiger partial charge in [-0.15, -0.1) is 34.9 Å². The Kier molecular flexibility index (Phi) is 9.26. The Bertz CT molecular complexity index is 978. The third-order valence-electron chi connectivity index (χ3n) is 4.00. The summed E-state index contributed by atoms with van der Waals surface area (Å²) in [6.07, 6.45) is 0. The van der Waals surface area contributed by atoms with E-state index < -0.39 is 0 Å². The topological polar surface area (TPSA) is 80.3 Å². The Labute approximate surface area is 194 Å². The zero-order chi connectivity index (χ0) is 21.9. The average molecular weight is 474 g/mol. The van der Waals surface area contributed by atoms with Crippen molar-refractivity contribution >= 4 is 57.5 Å². The number of amides is 2. The lowest BCUT2D eigenvalue weighted by Crippen LogP contribution is -2.14. The number of thiazole rings is 1. The van der Waals surface area contributed by atoms with Gasteiger partial charge < -0.3 is 15.4 Å². The summed E-state index contributed by atoms with van der Waals surface area (Å²) < 4.78 is 5.10. The molecular weight excluding hydrogens is 450 g/mol. The van der Waals surface area contributed by atoms with Gasteiger partial charge in [-0.05, 0) is 29.8 Å². The Balaban J connectivity index is 1.33. The van der Waals surface area contributed by atoms with Gasteiger partial charge in [-0.3, -0.25) is 9.59 Å². The first kappa shape index (κ1) is 23.2. The highest BCUT2D eigenvalue weighted by Gasteiger charge is 2.09. The molecule has 0 aliphatic rings. The highest BCUT2D eigenvalue weighted by Crippen LogP contribution is 2.21. The molecule has 3 rings (SSSR count). The number of methoxy groups -OCH3 is 1. The van der Waals surface area contributed by atoms with Gasteiger partial charge in [0.15, 0.2) is 5.13 Å². The van der Waals surface area contributed by atoms with Crippen molar-refractivity contribution in [2.45, 2.75) is 11.5 Å². The second-order valence-corrected chi connectivity index (χ2v) is 9.27. The second-order valence-electron chi connectivity index (χ2n) is 6.44. The fourth-order valence-corrected chi connectivity index (χ4v) is 4.88. The predicted octanol–water partition coefficient (Wildman–Crippen LogP) is 4.90. The Morgan fingerprint density at radius 2 is 1.61 bits per heavy atom.